The van der Waals surface area contributed by atoms with Crippen molar-refractivity contribution >= 4 is 22.7 Å². The molecule has 4 heteroatoms. The van der Waals surface area contributed by atoms with Crippen molar-refractivity contribution in [1.82, 2.24) is 9.97 Å². The SMILES string of the molecule is N#Cc1cccc(CSc2ncnc3ccccc23)c1. The molecule has 0 aliphatic carbocycles. The van der Waals surface area contributed by atoms with Crippen molar-refractivity contribution in [1.29, 1.82) is 5.26 Å². The average Bonchev–Trinajstić information content (AvgIpc) is 2.53. The second-order valence-corrected chi connectivity index (χ2v) is 5.26. The zero-order chi connectivity index (χ0) is 13.8. The summed E-state index contributed by atoms with van der Waals surface area (Å²) in [4.78, 5) is 8.61. The molecule has 0 fully saturated rings. The van der Waals surface area contributed by atoms with Crippen LogP contribution in [0, 0.1) is 11.3 Å². The number of hydrogen-bond donors (Lipinski definition) is 0. The van der Waals surface area contributed by atoms with Crippen LogP contribution >= 0.6 is 11.8 Å². The number of thioether (sulfide) groups is 1. The van der Waals surface area contributed by atoms with Crippen LogP contribution in [0.1, 0.15) is 11.1 Å². The van der Waals surface area contributed by atoms with Crippen LogP contribution in [0.4, 0.5) is 0 Å². The number of hydrogen-bond acceptors (Lipinski definition) is 4. The number of benzene rings is 2. The van der Waals surface area contributed by atoms with Gasteiger partial charge in [0.05, 0.1) is 17.1 Å². The van der Waals surface area contributed by atoms with Crippen LogP contribution in [0.25, 0.3) is 10.9 Å². The summed E-state index contributed by atoms with van der Waals surface area (Å²) >= 11 is 1.66. The van der Waals surface area contributed by atoms with Gasteiger partial charge in [0.15, 0.2) is 0 Å². The smallest absolute Gasteiger partial charge is 0.117 e. The third kappa shape index (κ3) is 2.63. The summed E-state index contributed by atoms with van der Waals surface area (Å²) in [5.41, 5.74) is 2.77. The summed E-state index contributed by atoms with van der Waals surface area (Å²) in [6.07, 6.45) is 1.59. The topological polar surface area (TPSA) is 49.6 Å². The standard InChI is InChI=1S/C16H11N3S/c17-9-12-4-3-5-13(8-12)10-20-16-14-6-1-2-7-15(14)18-11-19-16/h1-8,11H,10H2. The first-order chi connectivity index (χ1) is 9.86. The average molecular weight is 277 g/mol. The molecule has 3 rings (SSSR count). The molecule has 0 bridgehead atoms. The van der Waals surface area contributed by atoms with Gasteiger partial charge in [-0.05, 0) is 23.8 Å². The van der Waals surface area contributed by atoms with E-state index in [-0.39, 0.29) is 0 Å². The van der Waals surface area contributed by atoms with Gasteiger partial charge in [-0.25, -0.2) is 9.97 Å². The van der Waals surface area contributed by atoms with Gasteiger partial charge in [-0.2, -0.15) is 5.26 Å². The summed E-state index contributed by atoms with van der Waals surface area (Å²) in [5.74, 6) is 0.788. The van der Waals surface area contributed by atoms with Crippen LogP contribution in [0.3, 0.4) is 0 Å². The van der Waals surface area contributed by atoms with E-state index in [0.29, 0.717) is 5.56 Å². The Bertz CT molecular complexity index is 788. The Morgan fingerprint density at radius 3 is 2.85 bits per heavy atom. The van der Waals surface area contributed by atoms with Gasteiger partial charge in [-0.3, -0.25) is 0 Å². The lowest BCUT2D eigenvalue weighted by Crippen LogP contribution is -1.88. The van der Waals surface area contributed by atoms with Gasteiger partial charge in [0, 0.05) is 11.1 Å². The highest BCUT2D eigenvalue weighted by Gasteiger charge is 2.04. The highest BCUT2D eigenvalue weighted by molar-refractivity contribution is 7.98. The summed E-state index contributed by atoms with van der Waals surface area (Å²) in [7, 11) is 0. The maximum Gasteiger partial charge on any atom is 0.117 e. The van der Waals surface area contributed by atoms with Crippen LogP contribution < -0.4 is 0 Å². The number of para-hydroxylation sites is 1. The number of rotatable bonds is 3. The number of aromatic nitrogens is 2. The van der Waals surface area contributed by atoms with Crippen LogP contribution in [-0.4, -0.2) is 9.97 Å². The second kappa shape index (κ2) is 5.72. The second-order valence-electron chi connectivity index (χ2n) is 4.30. The van der Waals surface area contributed by atoms with Crippen LogP contribution in [0.2, 0.25) is 0 Å². The summed E-state index contributed by atoms with van der Waals surface area (Å²) in [5, 5.41) is 10.9. The first-order valence-corrected chi connectivity index (χ1v) is 7.17. The largest absolute Gasteiger partial charge is 0.236 e. The predicted octanol–water partition coefficient (Wildman–Crippen LogP) is 3.79. The van der Waals surface area contributed by atoms with E-state index in [4.69, 9.17) is 5.26 Å². The molecule has 0 saturated heterocycles. The van der Waals surface area contributed by atoms with Gasteiger partial charge in [0.2, 0.25) is 0 Å². The predicted molar refractivity (Wildman–Crippen MR) is 80.3 cm³/mol. The van der Waals surface area contributed by atoms with Gasteiger partial charge in [-0.1, -0.05) is 30.3 Å². The van der Waals surface area contributed by atoms with E-state index in [9.17, 15) is 0 Å². The fourth-order valence-corrected chi connectivity index (χ4v) is 2.91. The molecule has 0 amide bonds. The number of fused-ring (bicyclic) bond motifs is 1. The maximum absolute atomic E-state index is 8.91. The zero-order valence-electron chi connectivity index (χ0n) is 10.7. The molecular weight excluding hydrogens is 266 g/mol. The summed E-state index contributed by atoms with van der Waals surface area (Å²) < 4.78 is 0. The molecule has 0 aliphatic rings. The van der Waals surface area contributed by atoms with Gasteiger partial charge in [0.25, 0.3) is 0 Å². The Kier molecular flexibility index (Phi) is 3.62. The lowest BCUT2D eigenvalue weighted by molar-refractivity contribution is 1.10. The first-order valence-electron chi connectivity index (χ1n) is 6.18. The Labute approximate surface area is 121 Å². The molecule has 0 atom stereocenters. The van der Waals surface area contributed by atoms with Crippen molar-refractivity contribution in [3.63, 3.8) is 0 Å². The molecule has 0 spiro atoms. The molecule has 1 aromatic heterocycles. The number of nitrogens with zero attached hydrogens (tertiary/aromatic N) is 3. The van der Waals surface area contributed by atoms with E-state index < -0.39 is 0 Å². The molecule has 0 unspecified atom stereocenters. The Balaban J connectivity index is 1.85. The molecule has 0 aliphatic heterocycles. The normalized spacial score (nSPS) is 10.3. The minimum atomic E-state index is 0.690. The van der Waals surface area contributed by atoms with Gasteiger partial charge >= 0.3 is 0 Å². The molecule has 96 valence electrons. The highest BCUT2D eigenvalue weighted by atomic mass is 32.2. The van der Waals surface area contributed by atoms with Gasteiger partial charge in [-0.15, -0.1) is 11.8 Å². The van der Waals surface area contributed by atoms with Crippen LogP contribution in [0.5, 0.6) is 0 Å². The minimum absolute atomic E-state index is 0.690. The molecule has 2 aromatic carbocycles. The molecule has 3 nitrogen and oxygen atoms in total. The maximum atomic E-state index is 8.91. The summed E-state index contributed by atoms with van der Waals surface area (Å²) in [6, 6.07) is 17.8. The number of nitriles is 1. The zero-order valence-corrected chi connectivity index (χ0v) is 11.5. The van der Waals surface area contributed by atoms with Gasteiger partial charge < -0.3 is 0 Å². The Morgan fingerprint density at radius 1 is 1.05 bits per heavy atom. The third-order valence-corrected chi connectivity index (χ3v) is 4.01. The van der Waals surface area contributed by atoms with E-state index in [1.54, 1.807) is 18.1 Å². The Hall–Kier alpha value is -2.38. The fraction of sp³-hybridized carbons (Fsp3) is 0.0625. The summed E-state index contributed by atoms with van der Waals surface area (Å²) in [6.45, 7) is 0. The molecule has 0 N–H and O–H groups in total. The molecule has 3 aromatic rings. The van der Waals surface area contributed by atoms with Gasteiger partial charge in [0.1, 0.15) is 11.4 Å². The van der Waals surface area contributed by atoms with E-state index >= 15 is 0 Å². The first kappa shape index (κ1) is 12.6. The van der Waals surface area contributed by atoms with Crippen molar-refractivity contribution < 1.29 is 0 Å². The molecule has 20 heavy (non-hydrogen) atoms. The third-order valence-electron chi connectivity index (χ3n) is 2.94. The fourth-order valence-electron chi connectivity index (χ4n) is 1.98. The van der Waals surface area contributed by atoms with Crippen LogP contribution in [0.15, 0.2) is 59.9 Å². The van der Waals surface area contributed by atoms with Crippen molar-refractivity contribution in [2.45, 2.75) is 10.8 Å². The van der Waals surface area contributed by atoms with E-state index in [1.807, 2.05) is 48.5 Å². The van der Waals surface area contributed by atoms with Crippen molar-refractivity contribution in [2.24, 2.45) is 0 Å². The van der Waals surface area contributed by atoms with E-state index in [0.717, 1.165) is 27.2 Å². The lowest BCUT2D eigenvalue weighted by atomic mass is 10.2. The van der Waals surface area contributed by atoms with Crippen LogP contribution in [-0.2, 0) is 5.75 Å². The van der Waals surface area contributed by atoms with Crippen molar-refractivity contribution in [3.8, 4) is 6.07 Å². The molecular formula is C16H11N3S. The Morgan fingerprint density at radius 2 is 1.95 bits per heavy atom. The van der Waals surface area contributed by atoms with E-state index in [2.05, 4.69) is 16.0 Å². The quantitative estimate of drug-likeness (QED) is 0.540. The minimum Gasteiger partial charge on any atom is -0.236 e. The van der Waals surface area contributed by atoms with Crippen molar-refractivity contribution in [3.05, 3.63) is 66.0 Å². The molecule has 1 heterocycles. The monoisotopic (exact) mass is 277 g/mol. The van der Waals surface area contributed by atoms with E-state index in [1.165, 1.54) is 0 Å². The lowest BCUT2D eigenvalue weighted by Gasteiger charge is -2.05. The van der Waals surface area contributed by atoms with Crippen molar-refractivity contribution in [2.75, 3.05) is 0 Å². The highest BCUT2D eigenvalue weighted by Crippen LogP contribution is 2.27. The molecule has 0 saturated carbocycles. The molecule has 0 radical (unpaired) electrons.